The summed E-state index contributed by atoms with van der Waals surface area (Å²) in [5.74, 6) is -0.240. The predicted molar refractivity (Wildman–Crippen MR) is 76.2 cm³/mol. The van der Waals surface area contributed by atoms with Crippen molar-refractivity contribution in [2.24, 2.45) is 5.92 Å². The Bertz CT molecular complexity index is 462. The van der Waals surface area contributed by atoms with Gasteiger partial charge in [-0.1, -0.05) is 38.1 Å². The Labute approximate surface area is 114 Å². The average molecular weight is 259 g/mol. The van der Waals surface area contributed by atoms with Gasteiger partial charge in [-0.2, -0.15) is 0 Å². The second-order valence-corrected chi connectivity index (χ2v) is 5.45. The molecular weight excluding hydrogens is 238 g/mol. The molecule has 102 valence electrons. The lowest BCUT2D eigenvalue weighted by molar-refractivity contribution is 0.0697. The van der Waals surface area contributed by atoms with Crippen molar-refractivity contribution in [3.8, 4) is 0 Å². The van der Waals surface area contributed by atoms with Crippen molar-refractivity contribution in [2.45, 2.75) is 32.9 Å². The Balaban J connectivity index is 2.07. The SMILES string of the molecule is CC(C)C1CC=CCN1Cc1ccc(C(=O)O)cc1. The van der Waals surface area contributed by atoms with Gasteiger partial charge in [0.2, 0.25) is 0 Å². The van der Waals surface area contributed by atoms with Crippen LogP contribution in [0.15, 0.2) is 36.4 Å². The number of carbonyl (C=O) groups is 1. The molecule has 3 heteroatoms. The third kappa shape index (κ3) is 3.44. The number of rotatable bonds is 4. The molecular formula is C16H21NO2. The van der Waals surface area contributed by atoms with Crippen LogP contribution in [0.2, 0.25) is 0 Å². The largest absolute Gasteiger partial charge is 0.478 e. The minimum Gasteiger partial charge on any atom is -0.478 e. The predicted octanol–water partition coefficient (Wildman–Crippen LogP) is 3.17. The second kappa shape index (κ2) is 6.02. The molecule has 1 unspecified atom stereocenters. The maximum Gasteiger partial charge on any atom is 0.335 e. The van der Waals surface area contributed by atoms with E-state index in [9.17, 15) is 4.79 Å². The normalized spacial score (nSPS) is 19.8. The van der Waals surface area contributed by atoms with Crippen LogP contribution in [0.5, 0.6) is 0 Å². The fourth-order valence-corrected chi connectivity index (χ4v) is 2.59. The van der Waals surface area contributed by atoms with Gasteiger partial charge in [0, 0.05) is 19.1 Å². The summed E-state index contributed by atoms with van der Waals surface area (Å²) in [6.07, 6.45) is 5.57. The van der Waals surface area contributed by atoms with Gasteiger partial charge >= 0.3 is 5.97 Å². The highest BCUT2D eigenvalue weighted by Gasteiger charge is 2.22. The molecule has 1 aromatic carbocycles. The maximum absolute atomic E-state index is 10.8. The van der Waals surface area contributed by atoms with E-state index in [0.29, 0.717) is 17.5 Å². The topological polar surface area (TPSA) is 40.5 Å². The van der Waals surface area contributed by atoms with E-state index in [2.05, 4.69) is 30.9 Å². The first-order valence-corrected chi connectivity index (χ1v) is 6.79. The maximum atomic E-state index is 10.8. The Morgan fingerprint density at radius 2 is 2.00 bits per heavy atom. The molecule has 19 heavy (non-hydrogen) atoms. The molecule has 1 aliphatic rings. The molecule has 3 nitrogen and oxygen atoms in total. The fraction of sp³-hybridized carbons (Fsp3) is 0.438. The zero-order valence-corrected chi connectivity index (χ0v) is 11.5. The van der Waals surface area contributed by atoms with Crippen LogP contribution >= 0.6 is 0 Å². The molecule has 0 aromatic heterocycles. The Morgan fingerprint density at radius 3 is 2.58 bits per heavy atom. The zero-order chi connectivity index (χ0) is 13.8. The molecule has 2 rings (SSSR count). The van der Waals surface area contributed by atoms with Crippen LogP contribution in [0.4, 0.5) is 0 Å². The standard InChI is InChI=1S/C16H21NO2/c1-12(2)15-5-3-4-10-17(15)11-13-6-8-14(9-7-13)16(18)19/h3-4,6-9,12,15H,5,10-11H2,1-2H3,(H,18,19). The van der Waals surface area contributed by atoms with Gasteiger partial charge in [-0.15, -0.1) is 0 Å². The number of hydrogen-bond donors (Lipinski definition) is 1. The van der Waals surface area contributed by atoms with E-state index in [4.69, 9.17) is 5.11 Å². The summed E-state index contributed by atoms with van der Waals surface area (Å²) < 4.78 is 0. The van der Waals surface area contributed by atoms with Gasteiger partial charge in [0.15, 0.2) is 0 Å². The number of nitrogens with zero attached hydrogens (tertiary/aromatic N) is 1. The molecule has 0 radical (unpaired) electrons. The number of carboxylic acids is 1. The van der Waals surface area contributed by atoms with Crippen molar-refractivity contribution in [1.82, 2.24) is 4.90 Å². The number of aromatic carboxylic acids is 1. The number of hydrogen-bond acceptors (Lipinski definition) is 2. The summed E-state index contributed by atoms with van der Waals surface area (Å²) in [5.41, 5.74) is 1.52. The first-order chi connectivity index (χ1) is 9.08. The number of benzene rings is 1. The molecule has 1 aromatic rings. The fourth-order valence-electron chi connectivity index (χ4n) is 2.59. The first kappa shape index (κ1) is 13.8. The van der Waals surface area contributed by atoms with Gasteiger partial charge in [0.1, 0.15) is 0 Å². The monoisotopic (exact) mass is 259 g/mol. The minimum absolute atomic E-state index is 0.350. The van der Waals surface area contributed by atoms with Crippen LogP contribution in [-0.2, 0) is 6.54 Å². The Hall–Kier alpha value is -1.61. The summed E-state index contributed by atoms with van der Waals surface area (Å²) in [6.45, 7) is 6.37. The number of carboxylic acid groups (broad SMARTS) is 1. The highest BCUT2D eigenvalue weighted by atomic mass is 16.4. The van der Waals surface area contributed by atoms with Crippen molar-refractivity contribution in [3.05, 3.63) is 47.5 Å². The molecule has 0 spiro atoms. The molecule has 1 N–H and O–H groups in total. The van der Waals surface area contributed by atoms with E-state index in [1.54, 1.807) is 12.1 Å². The third-order valence-corrected chi connectivity index (χ3v) is 3.71. The molecule has 1 atom stereocenters. The van der Waals surface area contributed by atoms with E-state index in [-0.39, 0.29) is 0 Å². The highest BCUT2D eigenvalue weighted by Crippen LogP contribution is 2.21. The second-order valence-electron chi connectivity index (χ2n) is 5.45. The van der Waals surface area contributed by atoms with Gasteiger partial charge in [-0.05, 0) is 30.0 Å². The first-order valence-electron chi connectivity index (χ1n) is 6.79. The molecule has 0 bridgehead atoms. The van der Waals surface area contributed by atoms with Crippen molar-refractivity contribution in [2.75, 3.05) is 6.54 Å². The van der Waals surface area contributed by atoms with Crippen LogP contribution in [0, 0.1) is 5.92 Å². The van der Waals surface area contributed by atoms with Crippen LogP contribution in [0.25, 0.3) is 0 Å². The molecule has 0 fully saturated rings. The van der Waals surface area contributed by atoms with Crippen molar-refractivity contribution in [3.63, 3.8) is 0 Å². The molecule has 0 saturated heterocycles. The van der Waals surface area contributed by atoms with Crippen molar-refractivity contribution in [1.29, 1.82) is 0 Å². The van der Waals surface area contributed by atoms with E-state index in [1.807, 2.05) is 12.1 Å². The summed E-state index contributed by atoms with van der Waals surface area (Å²) in [5, 5.41) is 8.89. The third-order valence-electron chi connectivity index (χ3n) is 3.71. The van der Waals surface area contributed by atoms with Crippen LogP contribution in [-0.4, -0.2) is 28.6 Å². The van der Waals surface area contributed by atoms with Gasteiger partial charge in [-0.25, -0.2) is 4.79 Å². The lowest BCUT2D eigenvalue weighted by Gasteiger charge is -2.35. The summed E-state index contributed by atoms with van der Waals surface area (Å²) >= 11 is 0. The summed E-state index contributed by atoms with van der Waals surface area (Å²) in [4.78, 5) is 13.3. The Kier molecular flexibility index (Phi) is 4.38. The molecule has 0 aliphatic carbocycles. The quantitative estimate of drug-likeness (QED) is 0.844. The lowest BCUT2D eigenvalue weighted by atomic mass is 9.95. The van der Waals surface area contributed by atoms with Crippen molar-refractivity contribution >= 4 is 5.97 Å². The van der Waals surface area contributed by atoms with Gasteiger partial charge in [-0.3, -0.25) is 4.90 Å². The van der Waals surface area contributed by atoms with Crippen LogP contribution in [0.3, 0.4) is 0 Å². The zero-order valence-electron chi connectivity index (χ0n) is 11.5. The van der Waals surface area contributed by atoms with Gasteiger partial charge < -0.3 is 5.11 Å². The van der Waals surface area contributed by atoms with E-state index in [1.165, 1.54) is 5.56 Å². The molecule has 1 heterocycles. The van der Waals surface area contributed by atoms with Gasteiger partial charge in [0.25, 0.3) is 0 Å². The molecule has 0 amide bonds. The summed E-state index contributed by atoms with van der Waals surface area (Å²) in [6, 6.07) is 7.77. The van der Waals surface area contributed by atoms with Gasteiger partial charge in [0.05, 0.1) is 5.56 Å². The molecule has 1 aliphatic heterocycles. The van der Waals surface area contributed by atoms with E-state index in [0.717, 1.165) is 19.5 Å². The smallest absolute Gasteiger partial charge is 0.335 e. The Morgan fingerprint density at radius 1 is 1.32 bits per heavy atom. The average Bonchev–Trinajstić information content (AvgIpc) is 2.39. The molecule has 0 saturated carbocycles. The van der Waals surface area contributed by atoms with E-state index < -0.39 is 5.97 Å². The lowest BCUT2D eigenvalue weighted by Crippen LogP contribution is -2.40. The summed E-state index contributed by atoms with van der Waals surface area (Å²) in [7, 11) is 0. The van der Waals surface area contributed by atoms with Crippen molar-refractivity contribution < 1.29 is 9.90 Å². The van der Waals surface area contributed by atoms with E-state index >= 15 is 0 Å². The van der Waals surface area contributed by atoms with Crippen LogP contribution < -0.4 is 0 Å². The van der Waals surface area contributed by atoms with Crippen LogP contribution in [0.1, 0.15) is 36.2 Å². The highest BCUT2D eigenvalue weighted by molar-refractivity contribution is 5.87. The minimum atomic E-state index is -0.868.